The molecule has 1 aromatic rings. The lowest BCUT2D eigenvalue weighted by Gasteiger charge is -2.34. The number of ketones is 1. The number of aryl methyl sites for hydroxylation is 2. The van der Waals surface area contributed by atoms with Crippen LogP contribution in [0.15, 0.2) is 18.2 Å². The second-order valence-electron chi connectivity index (χ2n) is 7.33. The second-order valence-corrected chi connectivity index (χ2v) is 7.33. The summed E-state index contributed by atoms with van der Waals surface area (Å²) < 4.78 is 0. The Morgan fingerprint density at radius 2 is 1.85 bits per heavy atom. The molecule has 1 saturated heterocycles. The average Bonchev–Trinajstić information content (AvgIpc) is 3.12. The molecule has 0 atom stereocenters. The van der Waals surface area contributed by atoms with Crippen LogP contribution in [0.1, 0.15) is 66.9 Å². The molecule has 1 amide bonds. The van der Waals surface area contributed by atoms with Gasteiger partial charge in [0.15, 0.2) is 5.78 Å². The summed E-state index contributed by atoms with van der Waals surface area (Å²) in [6, 6.07) is 6.42. The Morgan fingerprint density at radius 3 is 2.58 bits per heavy atom. The summed E-state index contributed by atoms with van der Waals surface area (Å²) in [5, 5.41) is 3.35. The molecule has 2 aliphatic rings. The second kappa shape index (κ2) is 10.1. The van der Waals surface area contributed by atoms with Crippen molar-refractivity contribution in [2.45, 2.75) is 64.3 Å². The Labute approximate surface area is 163 Å². The maximum atomic E-state index is 12.7. The summed E-state index contributed by atoms with van der Waals surface area (Å²) >= 11 is 0. The molecule has 1 aliphatic heterocycles. The molecule has 0 unspecified atom stereocenters. The molecule has 5 heteroatoms. The quantitative estimate of drug-likeness (QED) is 0.738. The van der Waals surface area contributed by atoms with Gasteiger partial charge in [-0.05, 0) is 68.8 Å². The number of halogens is 1. The van der Waals surface area contributed by atoms with Gasteiger partial charge in [0.25, 0.3) is 0 Å². The van der Waals surface area contributed by atoms with Gasteiger partial charge in [-0.3, -0.25) is 9.59 Å². The fourth-order valence-corrected chi connectivity index (χ4v) is 4.12. The van der Waals surface area contributed by atoms with E-state index >= 15 is 0 Å². The molecule has 0 saturated carbocycles. The predicted octanol–water partition coefficient (Wildman–Crippen LogP) is 3.55. The van der Waals surface area contributed by atoms with Gasteiger partial charge in [0.05, 0.1) is 0 Å². The van der Waals surface area contributed by atoms with Crippen molar-refractivity contribution in [2.24, 2.45) is 0 Å². The third-order valence-corrected chi connectivity index (χ3v) is 5.52. The van der Waals surface area contributed by atoms with Crippen molar-refractivity contribution in [1.29, 1.82) is 0 Å². The minimum atomic E-state index is 0. The summed E-state index contributed by atoms with van der Waals surface area (Å²) in [4.78, 5) is 27.3. The highest BCUT2D eigenvalue weighted by Gasteiger charge is 2.25. The van der Waals surface area contributed by atoms with Crippen molar-refractivity contribution in [3.8, 4) is 0 Å². The molecule has 4 nitrogen and oxygen atoms in total. The molecule has 144 valence electrons. The zero-order valence-electron chi connectivity index (χ0n) is 15.8. The summed E-state index contributed by atoms with van der Waals surface area (Å²) in [6.45, 7) is 4.87. The Hall–Kier alpha value is -1.39. The van der Waals surface area contributed by atoms with E-state index in [1.165, 1.54) is 17.5 Å². The minimum Gasteiger partial charge on any atom is -0.340 e. The van der Waals surface area contributed by atoms with Crippen molar-refractivity contribution >= 4 is 24.1 Å². The van der Waals surface area contributed by atoms with Crippen LogP contribution >= 0.6 is 12.4 Å². The van der Waals surface area contributed by atoms with Crippen molar-refractivity contribution in [1.82, 2.24) is 10.2 Å². The Balaban J connectivity index is 0.00000243. The number of piperidine rings is 1. The van der Waals surface area contributed by atoms with E-state index in [-0.39, 0.29) is 24.1 Å². The number of nitrogens with one attached hydrogen (secondary N) is 1. The molecule has 1 fully saturated rings. The van der Waals surface area contributed by atoms with Crippen LogP contribution in [0.3, 0.4) is 0 Å². The first-order chi connectivity index (χ1) is 12.2. The highest BCUT2D eigenvalue weighted by atomic mass is 35.5. The normalized spacial score (nSPS) is 16.7. The lowest BCUT2D eigenvalue weighted by atomic mass is 10.00. The van der Waals surface area contributed by atoms with Crippen LogP contribution in [0, 0.1) is 0 Å². The number of fused-ring (bicyclic) bond motifs is 1. The fourth-order valence-electron chi connectivity index (χ4n) is 4.12. The highest BCUT2D eigenvalue weighted by molar-refractivity contribution is 5.98. The SMILES string of the molecule is CCCN(C(=O)CCC(=O)c1ccc2c(c1)CCC2)C1CCNCC1.Cl. The molecule has 1 aliphatic carbocycles. The van der Waals surface area contributed by atoms with Crippen LogP contribution < -0.4 is 5.32 Å². The third-order valence-electron chi connectivity index (χ3n) is 5.52. The Kier molecular flexibility index (Phi) is 8.11. The molecule has 26 heavy (non-hydrogen) atoms. The van der Waals surface area contributed by atoms with E-state index in [1.807, 2.05) is 17.0 Å². The number of amides is 1. The van der Waals surface area contributed by atoms with Gasteiger partial charge in [0.1, 0.15) is 0 Å². The number of Topliss-reactive ketones (excluding diaryl/α,β-unsaturated/α-hetero) is 1. The molecule has 3 rings (SSSR count). The van der Waals surface area contributed by atoms with Crippen LogP contribution in [0.25, 0.3) is 0 Å². The number of carbonyl (C=O) groups excluding carboxylic acids is 2. The van der Waals surface area contributed by atoms with Gasteiger partial charge in [-0.25, -0.2) is 0 Å². The summed E-state index contributed by atoms with van der Waals surface area (Å²) in [5.41, 5.74) is 3.48. The van der Waals surface area contributed by atoms with Crippen LogP contribution in [0.2, 0.25) is 0 Å². The maximum absolute atomic E-state index is 12.7. The lowest BCUT2D eigenvalue weighted by molar-refractivity contribution is -0.134. The molecule has 0 spiro atoms. The molecule has 0 aromatic heterocycles. The smallest absolute Gasteiger partial charge is 0.223 e. The Bertz CT molecular complexity index is 626. The van der Waals surface area contributed by atoms with Crippen molar-refractivity contribution in [3.05, 3.63) is 34.9 Å². The van der Waals surface area contributed by atoms with Crippen LogP contribution in [0.4, 0.5) is 0 Å². The molecule has 1 heterocycles. The lowest BCUT2D eigenvalue weighted by Crippen LogP contribution is -2.46. The monoisotopic (exact) mass is 378 g/mol. The topological polar surface area (TPSA) is 49.4 Å². The molecule has 0 bridgehead atoms. The van der Waals surface area contributed by atoms with Crippen LogP contribution in [-0.4, -0.2) is 42.3 Å². The largest absolute Gasteiger partial charge is 0.340 e. The van der Waals surface area contributed by atoms with Crippen molar-refractivity contribution in [3.63, 3.8) is 0 Å². The van der Waals surface area contributed by atoms with Crippen molar-refractivity contribution < 1.29 is 9.59 Å². The van der Waals surface area contributed by atoms with E-state index < -0.39 is 0 Å². The number of benzene rings is 1. The number of nitrogens with zero attached hydrogens (tertiary/aromatic N) is 1. The summed E-state index contributed by atoms with van der Waals surface area (Å²) in [5.74, 6) is 0.244. The molecule has 1 aromatic carbocycles. The van der Waals surface area contributed by atoms with Gasteiger partial charge in [0, 0.05) is 31.0 Å². The van der Waals surface area contributed by atoms with E-state index in [4.69, 9.17) is 0 Å². The minimum absolute atomic E-state index is 0. The predicted molar refractivity (Wildman–Crippen MR) is 107 cm³/mol. The average molecular weight is 379 g/mol. The highest BCUT2D eigenvalue weighted by Crippen LogP contribution is 2.23. The van der Waals surface area contributed by atoms with Gasteiger partial charge < -0.3 is 10.2 Å². The Morgan fingerprint density at radius 1 is 1.12 bits per heavy atom. The van der Waals surface area contributed by atoms with E-state index in [0.29, 0.717) is 18.9 Å². The first-order valence-electron chi connectivity index (χ1n) is 9.84. The van der Waals surface area contributed by atoms with E-state index in [0.717, 1.165) is 57.3 Å². The van der Waals surface area contributed by atoms with Crippen LogP contribution in [-0.2, 0) is 17.6 Å². The van der Waals surface area contributed by atoms with Gasteiger partial charge in [0.2, 0.25) is 5.91 Å². The summed E-state index contributed by atoms with van der Waals surface area (Å²) in [6.07, 6.45) is 7.06. The number of hydrogen-bond donors (Lipinski definition) is 1. The molecular formula is C21H31ClN2O2. The van der Waals surface area contributed by atoms with Crippen molar-refractivity contribution in [2.75, 3.05) is 19.6 Å². The van der Waals surface area contributed by atoms with E-state index in [2.05, 4.69) is 18.3 Å². The van der Waals surface area contributed by atoms with Gasteiger partial charge in [-0.1, -0.05) is 19.1 Å². The number of rotatable bonds is 7. The van der Waals surface area contributed by atoms with E-state index in [1.54, 1.807) is 0 Å². The number of hydrogen-bond acceptors (Lipinski definition) is 3. The number of carbonyl (C=O) groups is 2. The molecule has 0 radical (unpaired) electrons. The third kappa shape index (κ3) is 5.08. The maximum Gasteiger partial charge on any atom is 0.223 e. The molecular weight excluding hydrogens is 348 g/mol. The first kappa shape index (κ1) is 20.9. The summed E-state index contributed by atoms with van der Waals surface area (Å²) in [7, 11) is 0. The van der Waals surface area contributed by atoms with Gasteiger partial charge in [-0.2, -0.15) is 0 Å². The zero-order valence-corrected chi connectivity index (χ0v) is 16.6. The standard InChI is InChI=1S/C21H30N2O2.ClH/c1-2-14-23(19-10-12-22-13-11-19)21(25)9-8-20(24)18-7-6-16-4-3-5-17(16)15-18;/h6-7,15,19,22H,2-5,8-14H2,1H3;1H. The molecule has 1 N–H and O–H groups in total. The van der Waals surface area contributed by atoms with E-state index in [9.17, 15) is 9.59 Å². The van der Waals surface area contributed by atoms with Crippen LogP contribution in [0.5, 0.6) is 0 Å². The fraction of sp³-hybridized carbons (Fsp3) is 0.619. The van der Waals surface area contributed by atoms with Gasteiger partial charge >= 0.3 is 0 Å². The van der Waals surface area contributed by atoms with Gasteiger partial charge in [-0.15, -0.1) is 12.4 Å². The zero-order chi connectivity index (χ0) is 17.6. The first-order valence-corrected chi connectivity index (χ1v) is 9.84.